The van der Waals surface area contributed by atoms with Gasteiger partial charge in [-0.15, -0.1) is 0 Å². The smallest absolute Gasteiger partial charge is 0.0641 e. The minimum absolute atomic E-state index is 0.806. The summed E-state index contributed by atoms with van der Waals surface area (Å²) < 4.78 is 2.93. The highest BCUT2D eigenvalue weighted by molar-refractivity contribution is 9.10. The van der Waals surface area contributed by atoms with Crippen molar-refractivity contribution in [2.75, 3.05) is 0 Å². The largest absolute Gasteiger partial charge is 0.308 e. The quantitative estimate of drug-likeness (QED) is 0.943. The first-order valence-corrected chi connectivity index (χ1v) is 6.66. The molecule has 0 radical (unpaired) electrons. The van der Waals surface area contributed by atoms with E-state index in [2.05, 4.69) is 44.3 Å². The van der Waals surface area contributed by atoms with Crippen molar-refractivity contribution in [2.45, 2.75) is 26.9 Å². The minimum atomic E-state index is 0.806. The highest BCUT2D eigenvalue weighted by Crippen LogP contribution is 2.12. The maximum atomic E-state index is 4.41. The van der Waals surface area contributed by atoms with E-state index in [1.54, 1.807) is 6.20 Å². The summed E-state index contributed by atoms with van der Waals surface area (Å²) >= 11 is 3.42. The third kappa shape index (κ3) is 2.97. The molecular formula is C13H17BrN4. The van der Waals surface area contributed by atoms with Gasteiger partial charge in [-0.1, -0.05) is 0 Å². The van der Waals surface area contributed by atoms with E-state index in [9.17, 15) is 0 Å². The molecule has 1 N–H and O–H groups in total. The van der Waals surface area contributed by atoms with Crippen LogP contribution in [-0.2, 0) is 20.1 Å². The van der Waals surface area contributed by atoms with Crippen LogP contribution < -0.4 is 5.32 Å². The topological polar surface area (TPSA) is 42.7 Å². The molecule has 2 aromatic rings. The molecule has 18 heavy (non-hydrogen) atoms. The van der Waals surface area contributed by atoms with Gasteiger partial charge >= 0.3 is 0 Å². The number of nitrogens with one attached hydrogen (secondary N) is 1. The number of hydrogen-bond donors (Lipinski definition) is 1. The van der Waals surface area contributed by atoms with Crippen molar-refractivity contribution in [2.24, 2.45) is 7.05 Å². The molecule has 0 aliphatic heterocycles. The van der Waals surface area contributed by atoms with Gasteiger partial charge in [0.25, 0.3) is 0 Å². The zero-order chi connectivity index (χ0) is 13.1. The lowest BCUT2D eigenvalue weighted by molar-refractivity contribution is 0.682. The van der Waals surface area contributed by atoms with E-state index in [4.69, 9.17) is 0 Å². The zero-order valence-corrected chi connectivity index (χ0v) is 12.5. The van der Waals surface area contributed by atoms with Crippen LogP contribution in [0.2, 0.25) is 0 Å². The molecule has 2 heterocycles. The Morgan fingerprint density at radius 3 is 2.67 bits per heavy atom. The summed E-state index contributed by atoms with van der Waals surface area (Å²) in [5.74, 6) is 0. The number of hydrogen-bond acceptors (Lipinski definition) is 3. The van der Waals surface area contributed by atoms with Crippen LogP contribution >= 0.6 is 15.9 Å². The Balaban J connectivity index is 1.96. The van der Waals surface area contributed by atoms with Crippen LogP contribution in [0.1, 0.15) is 22.5 Å². The summed E-state index contributed by atoms with van der Waals surface area (Å²) in [6.07, 6.45) is 3.67. The SMILES string of the molecule is Cc1nn(C)c(C)c1CNCc1cncc(Br)c1. The molecule has 0 unspecified atom stereocenters. The fourth-order valence-corrected chi connectivity index (χ4v) is 2.37. The highest BCUT2D eigenvalue weighted by Gasteiger charge is 2.08. The second-order valence-electron chi connectivity index (χ2n) is 4.39. The summed E-state index contributed by atoms with van der Waals surface area (Å²) in [6.45, 7) is 5.78. The molecule has 0 fully saturated rings. The van der Waals surface area contributed by atoms with Gasteiger partial charge in [-0.05, 0) is 41.4 Å². The van der Waals surface area contributed by atoms with E-state index in [0.717, 1.165) is 23.3 Å². The summed E-state index contributed by atoms with van der Waals surface area (Å²) in [6, 6.07) is 2.07. The van der Waals surface area contributed by atoms with Crippen LogP contribution in [0.15, 0.2) is 22.9 Å². The summed E-state index contributed by atoms with van der Waals surface area (Å²) in [5, 5.41) is 7.83. The number of rotatable bonds is 4. The van der Waals surface area contributed by atoms with Crippen molar-refractivity contribution in [1.29, 1.82) is 0 Å². The van der Waals surface area contributed by atoms with Crippen LogP contribution in [0.25, 0.3) is 0 Å². The Morgan fingerprint density at radius 1 is 1.28 bits per heavy atom. The Kier molecular flexibility index (Phi) is 4.14. The van der Waals surface area contributed by atoms with Gasteiger partial charge in [0, 0.05) is 48.3 Å². The first kappa shape index (κ1) is 13.2. The molecule has 4 nitrogen and oxygen atoms in total. The Bertz CT molecular complexity index is 548. The van der Waals surface area contributed by atoms with Crippen LogP contribution in [-0.4, -0.2) is 14.8 Å². The van der Waals surface area contributed by atoms with Crippen LogP contribution in [0.5, 0.6) is 0 Å². The molecule has 0 bridgehead atoms. The first-order valence-electron chi connectivity index (χ1n) is 5.87. The summed E-state index contributed by atoms with van der Waals surface area (Å²) in [5.41, 5.74) is 4.76. The van der Waals surface area contributed by atoms with Crippen LogP contribution in [0, 0.1) is 13.8 Å². The Hall–Kier alpha value is -1.20. The molecule has 0 aromatic carbocycles. The van der Waals surface area contributed by atoms with Gasteiger partial charge in [-0.2, -0.15) is 5.10 Å². The predicted octanol–water partition coefficient (Wildman–Crippen LogP) is 2.48. The summed E-state index contributed by atoms with van der Waals surface area (Å²) in [4.78, 5) is 4.15. The van der Waals surface area contributed by atoms with Crippen molar-refractivity contribution < 1.29 is 0 Å². The van der Waals surface area contributed by atoms with Gasteiger partial charge in [0.1, 0.15) is 0 Å². The molecule has 0 aliphatic carbocycles. The van der Waals surface area contributed by atoms with E-state index in [0.29, 0.717) is 0 Å². The van der Waals surface area contributed by atoms with Gasteiger partial charge < -0.3 is 5.32 Å². The normalized spacial score (nSPS) is 10.9. The maximum Gasteiger partial charge on any atom is 0.0641 e. The average molecular weight is 309 g/mol. The van der Waals surface area contributed by atoms with Gasteiger partial charge in [-0.3, -0.25) is 9.67 Å². The van der Waals surface area contributed by atoms with Gasteiger partial charge in [0.15, 0.2) is 0 Å². The standard InChI is InChI=1S/C13H17BrN4/c1-9-13(10(2)18(3)17-9)8-16-6-11-4-12(14)7-15-5-11/h4-5,7,16H,6,8H2,1-3H3. The van der Waals surface area contributed by atoms with Gasteiger partial charge in [-0.25, -0.2) is 0 Å². The lowest BCUT2D eigenvalue weighted by Gasteiger charge is -2.05. The number of halogens is 1. The van der Waals surface area contributed by atoms with Crippen molar-refractivity contribution in [1.82, 2.24) is 20.1 Å². The van der Waals surface area contributed by atoms with Gasteiger partial charge in [0.05, 0.1) is 5.69 Å². The lowest BCUT2D eigenvalue weighted by atomic mass is 10.2. The van der Waals surface area contributed by atoms with Gasteiger partial charge in [0.2, 0.25) is 0 Å². The maximum absolute atomic E-state index is 4.41. The fraction of sp³-hybridized carbons (Fsp3) is 0.385. The van der Waals surface area contributed by atoms with E-state index < -0.39 is 0 Å². The van der Waals surface area contributed by atoms with E-state index >= 15 is 0 Å². The number of pyridine rings is 1. The number of aromatic nitrogens is 3. The highest BCUT2D eigenvalue weighted by atomic mass is 79.9. The van der Waals surface area contributed by atoms with Crippen LogP contribution in [0.4, 0.5) is 0 Å². The monoisotopic (exact) mass is 308 g/mol. The summed E-state index contributed by atoms with van der Waals surface area (Å²) in [7, 11) is 1.98. The molecule has 2 rings (SSSR count). The molecule has 96 valence electrons. The molecule has 0 saturated heterocycles. The lowest BCUT2D eigenvalue weighted by Crippen LogP contribution is -2.14. The van der Waals surface area contributed by atoms with Crippen molar-refractivity contribution >= 4 is 15.9 Å². The minimum Gasteiger partial charge on any atom is -0.308 e. The molecule has 0 spiro atoms. The third-order valence-electron chi connectivity index (χ3n) is 3.05. The second-order valence-corrected chi connectivity index (χ2v) is 5.30. The van der Waals surface area contributed by atoms with E-state index in [-0.39, 0.29) is 0 Å². The molecular weight excluding hydrogens is 292 g/mol. The zero-order valence-electron chi connectivity index (χ0n) is 10.9. The molecule has 0 amide bonds. The number of aryl methyl sites for hydroxylation is 2. The molecule has 0 saturated carbocycles. The predicted molar refractivity (Wildman–Crippen MR) is 75.2 cm³/mol. The fourth-order valence-electron chi connectivity index (χ4n) is 1.96. The Morgan fingerprint density at radius 2 is 2.06 bits per heavy atom. The molecule has 0 atom stereocenters. The molecule has 2 aromatic heterocycles. The average Bonchev–Trinajstić information content (AvgIpc) is 2.56. The third-order valence-corrected chi connectivity index (χ3v) is 3.48. The van der Waals surface area contributed by atoms with Crippen molar-refractivity contribution in [3.63, 3.8) is 0 Å². The first-order chi connectivity index (χ1) is 8.58. The Labute approximate surface area is 116 Å². The molecule has 0 aliphatic rings. The number of nitrogens with zero attached hydrogens (tertiary/aromatic N) is 3. The molecule has 5 heteroatoms. The van der Waals surface area contributed by atoms with E-state index in [1.807, 2.05) is 24.9 Å². The van der Waals surface area contributed by atoms with Crippen LogP contribution in [0.3, 0.4) is 0 Å². The second kappa shape index (κ2) is 5.63. The van der Waals surface area contributed by atoms with Crippen molar-refractivity contribution in [3.05, 3.63) is 45.4 Å². The van der Waals surface area contributed by atoms with E-state index in [1.165, 1.54) is 16.8 Å². The van der Waals surface area contributed by atoms with Crippen molar-refractivity contribution in [3.8, 4) is 0 Å².